The Morgan fingerprint density at radius 1 is 0.964 bits per heavy atom. The number of aromatic nitrogens is 3. The van der Waals surface area contributed by atoms with Gasteiger partial charge in [0.15, 0.2) is 0 Å². The van der Waals surface area contributed by atoms with Gasteiger partial charge < -0.3 is 15.7 Å². The number of hydrogen-bond acceptors (Lipinski definition) is 5. The Morgan fingerprint density at radius 3 is 2.50 bits per heavy atom. The fourth-order valence-corrected chi connectivity index (χ4v) is 3.03. The maximum Gasteiger partial charge on any atom is 0.129 e. The lowest BCUT2D eigenvalue weighted by Gasteiger charge is -2.05. The molecule has 0 unspecified atom stereocenters. The summed E-state index contributed by atoms with van der Waals surface area (Å²) in [6, 6.07) is 14.4. The van der Waals surface area contributed by atoms with Crippen LogP contribution in [0.4, 0.5) is 4.39 Å². The van der Waals surface area contributed by atoms with Crippen LogP contribution in [0.3, 0.4) is 0 Å². The number of rotatable bonds is 10. The van der Waals surface area contributed by atoms with Crippen molar-refractivity contribution < 1.29 is 9.50 Å². The van der Waals surface area contributed by atoms with Gasteiger partial charge >= 0.3 is 0 Å². The fourth-order valence-electron chi connectivity index (χ4n) is 2.80. The molecule has 0 aliphatic carbocycles. The second kappa shape index (κ2) is 10.3. The molecule has 0 atom stereocenters. The summed E-state index contributed by atoms with van der Waals surface area (Å²) >= 11 is 6.14. The van der Waals surface area contributed by atoms with Gasteiger partial charge in [0.25, 0.3) is 0 Å². The number of aliphatic hydroxyl groups is 1. The van der Waals surface area contributed by atoms with E-state index < -0.39 is 0 Å². The molecule has 3 rings (SSSR count). The van der Waals surface area contributed by atoms with Gasteiger partial charge in [-0.25, -0.2) is 4.39 Å². The monoisotopic (exact) mass is 403 g/mol. The molecule has 2 aromatic carbocycles. The van der Waals surface area contributed by atoms with Gasteiger partial charge in [0.1, 0.15) is 17.2 Å². The summed E-state index contributed by atoms with van der Waals surface area (Å²) < 4.78 is 14.1. The normalized spacial score (nSPS) is 11.1. The summed E-state index contributed by atoms with van der Waals surface area (Å²) in [6.45, 7) is 2.82. The second-order valence-corrected chi connectivity index (χ2v) is 6.65. The van der Waals surface area contributed by atoms with E-state index in [-0.39, 0.29) is 19.0 Å². The molecule has 0 saturated carbocycles. The number of halogens is 2. The number of hydrogen-bond donors (Lipinski definition) is 3. The predicted octanol–water partition coefficient (Wildman–Crippen LogP) is 2.46. The van der Waals surface area contributed by atoms with Crippen molar-refractivity contribution in [3.05, 3.63) is 70.6 Å². The zero-order chi connectivity index (χ0) is 19.8. The van der Waals surface area contributed by atoms with Crippen LogP contribution in [0.1, 0.15) is 11.3 Å². The van der Waals surface area contributed by atoms with Crippen molar-refractivity contribution in [2.75, 3.05) is 26.2 Å². The SMILES string of the molecule is OCCNCCNCc1nn(Cc2c(F)cccc2Cl)nc1-c1ccccc1. The highest BCUT2D eigenvalue weighted by Gasteiger charge is 2.15. The first-order chi connectivity index (χ1) is 13.7. The average Bonchev–Trinajstić information content (AvgIpc) is 3.11. The quantitative estimate of drug-likeness (QED) is 0.453. The lowest BCUT2D eigenvalue weighted by molar-refractivity contribution is 0.292. The van der Waals surface area contributed by atoms with E-state index in [0.29, 0.717) is 23.7 Å². The number of benzene rings is 2. The maximum absolute atomic E-state index is 14.1. The van der Waals surface area contributed by atoms with Gasteiger partial charge in [0.2, 0.25) is 0 Å². The predicted molar refractivity (Wildman–Crippen MR) is 108 cm³/mol. The molecule has 0 radical (unpaired) electrons. The Labute approximate surface area is 168 Å². The molecular weight excluding hydrogens is 381 g/mol. The second-order valence-electron chi connectivity index (χ2n) is 6.24. The van der Waals surface area contributed by atoms with Crippen molar-refractivity contribution in [3.63, 3.8) is 0 Å². The summed E-state index contributed by atoms with van der Waals surface area (Å²) in [5.41, 5.74) is 2.85. The average molecular weight is 404 g/mol. The third kappa shape index (κ3) is 5.36. The molecule has 6 nitrogen and oxygen atoms in total. The Morgan fingerprint density at radius 2 is 1.75 bits per heavy atom. The van der Waals surface area contributed by atoms with Gasteiger partial charge in [-0.1, -0.05) is 48.0 Å². The molecule has 0 aliphatic rings. The molecule has 1 heterocycles. The zero-order valence-electron chi connectivity index (χ0n) is 15.4. The van der Waals surface area contributed by atoms with Crippen molar-refractivity contribution in [2.45, 2.75) is 13.1 Å². The third-order valence-corrected chi connectivity index (χ3v) is 4.55. The molecule has 0 saturated heterocycles. The Kier molecular flexibility index (Phi) is 7.50. The molecule has 0 fully saturated rings. The molecule has 28 heavy (non-hydrogen) atoms. The van der Waals surface area contributed by atoms with Gasteiger partial charge in [0, 0.05) is 42.3 Å². The lowest BCUT2D eigenvalue weighted by atomic mass is 10.1. The van der Waals surface area contributed by atoms with Crippen LogP contribution in [0.15, 0.2) is 48.5 Å². The summed E-state index contributed by atoms with van der Waals surface area (Å²) in [6.07, 6.45) is 0. The first-order valence-electron chi connectivity index (χ1n) is 9.13. The van der Waals surface area contributed by atoms with E-state index in [4.69, 9.17) is 16.7 Å². The largest absolute Gasteiger partial charge is 0.395 e. The first kappa shape index (κ1) is 20.4. The number of nitrogens with zero attached hydrogens (tertiary/aromatic N) is 3. The zero-order valence-corrected chi connectivity index (χ0v) is 16.2. The van der Waals surface area contributed by atoms with Gasteiger partial charge in [-0.05, 0) is 12.1 Å². The Hall–Kier alpha value is -2.32. The summed E-state index contributed by atoms with van der Waals surface area (Å²) in [5, 5.41) is 24.7. The molecule has 148 valence electrons. The molecule has 0 spiro atoms. The molecule has 1 aromatic heterocycles. The van der Waals surface area contributed by atoms with Crippen LogP contribution >= 0.6 is 11.6 Å². The van der Waals surface area contributed by atoms with Crippen LogP contribution in [0.5, 0.6) is 0 Å². The molecule has 0 amide bonds. The smallest absolute Gasteiger partial charge is 0.129 e. The topological polar surface area (TPSA) is 75.0 Å². The lowest BCUT2D eigenvalue weighted by Crippen LogP contribution is -2.29. The van der Waals surface area contributed by atoms with Crippen LogP contribution in [0.25, 0.3) is 11.3 Å². The van der Waals surface area contributed by atoms with Gasteiger partial charge in [0.05, 0.1) is 13.2 Å². The van der Waals surface area contributed by atoms with E-state index in [9.17, 15) is 4.39 Å². The summed E-state index contributed by atoms with van der Waals surface area (Å²) in [5.74, 6) is -0.374. The maximum atomic E-state index is 14.1. The minimum atomic E-state index is -0.374. The molecule has 0 bridgehead atoms. The minimum Gasteiger partial charge on any atom is -0.395 e. The Bertz CT molecular complexity index is 867. The van der Waals surface area contributed by atoms with Crippen molar-refractivity contribution >= 4 is 11.6 Å². The van der Waals surface area contributed by atoms with Crippen LogP contribution in [0, 0.1) is 5.82 Å². The van der Waals surface area contributed by atoms with E-state index in [0.717, 1.165) is 30.0 Å². The molecule has 8 heteroatoms. The fraction of sp³-hybridized carbons (Fsp3) is 0.300. The highest BCUT2D eigenvalue weighted by molar-refractivity contribution is 6.31. The van der Waals surface area contributed by atoms with E-state index in [1.807, 2.05) is 30.3 Å². The van der Waals surface area contributed by atoms with Gasteiger partial charge in [-0.2, -0.15) is 15.0 Å². The molecule has 3 N–H and O–H groups in total. The first-order valence-corrected chi connectivity index (χ1v) is 9.51. The van der Waals surface area contributed by atoms with Gasteiger partial charge in [-0.15, -0.1) is 0 Å². The van der Waals surface area contributed by atoms with Crippen molar-refractivity contribution in [2.24, 2.45) is 0 Å². The van der Waals surface area contributed by atoms with E-state index in [1.54, 1.807) is 12.1 Å². The number of nitrogens with one attached hydrogen (secondary N) is 2. The van der Waals surface area contributed by atoms with Crippen molar-refractivity contribution in [1.29, 1.82) is 0 Å². The van der Waals surface area contributed by atoms with E-state index >= 15 is 0 Å². The minimum absolute atomic E-state index is 0.116. The van der Waals surface area contributed by atoms with Crippen LogP contribution in [0.2, 0.25) is 5.02 Å². The van der Waals surface area contributed by atoms with E-state index in [2.05, 4.69) is 20.8 Å². The highest BCUT2D eigenvalue weighted by atomic mass is 35.5. The molecular formula is C20H23ClFN5O. The van der Waals surface area contributed by atoms with Crippen molar-refractivity contribution in [3.8, 4) is 11.3 Å². The molecule has 0 aliphatic heterocycles. The van der Waals surface area contributed by atoms with Crippen LogP contribution in [-0.2, 0) is 13.1 Å². The third-order valence-electron chi connectivity index (χ3n) is 4.19. The van der Waals surface area contributed by atoms with Crippen LogP contribution in [-0.4, -0.2) is 46.3 Å². The van der Waals surface area contributed by atoms with Crippen LogP contribution < -0.4 is 10.6 Å². The van der Waals surface area contributed by atoms with Crippen molar-refractivity contribution in [1.82, 2.24) is 25.6 Å². The molecule has 3 aromatic rings. The number of aliphatic hydroxyl groups excluding tert-OH is 1. The highest BCUT2D eigenvalue weighted by Crippen LogP contribution is 2.23. The Balaban J connectivity index is 1.77. The summed E-state index contributed by atoms with van der Waals surface area (Å²) in [4.78, 5) is 1.48. The standard InChI is InChI=1S/C20H23ClFN5O/c21-17-7-4-8-18(22)16(17)14-27-25-19(13-24-10-9-23-11-12-28)20(26-27)15-5-2-1-3-6-15/h1-8,23-24,28H,9-14H2. The van der Waals surface area contributed by atoms with Gasteiger partial charge in [-0.3, -0.25) is 0 Å². The van der Waals surface area contributed by atoms with E-state index in [1.165, 1.54) is 10.9 Å². The summed E-state index contributed by atoms with van der Waals surface area (Å²) in [7, 11) is 0.